The van der Waals surface area contributed by atoms with Crippen molar-refractivity contribution in [3.05, 3.63) is 51.7 Å². The van der Waals surface area contributed by atoms with Crippen LogP contribution >= 0.6 is 11.3 Å². The molecule has 1 N–H and O–H groups in total. The molecule has 0 aliphatic carbocycles. The molecule has 0 bridgehead atoms. The summed E-state index contributed by atoms with van der Waals surface area (Å²) in [6, 6.07) is 9.25. The van der Waals surface area contributed by atoms with Crippen LogP contribution in [0.3, 0.4) is 0 Å². The summed E-state index contributed by atoms with van der Waals surface area (Å²) in [7, 11) is 3.85. The predicted molar refractivity (Wildman–Crippen MR) is 85.4 cm³/mol. The van der Waals surface area contributed by atoms with Crippen LogP contribution in [0.4, 0.5) is 18.9 Å². The van der Waals surface area contributed by atoms with Gasteiger partial charge < -0.3 is 10.2 Å². The second-order valence-electron chi connectivity index (χ2n) is 5.25. The number of anilines is 1. The number of benzene rings is 1. The zero-order chi connectivity index (χ0) is 17.0. The van der Waals surface area contributed by atoms with E-state index in [9.17, 15) is 13.2 Å². The first kappa shape index (κ1) is 17.3. The number of nitrogens with zero attached hydrogens (tertiary/aromatic N) is 2. The molecule has 3 nitrogen and oxygen atoms in total. The van der Waals surface area contributed by atoms with Gasteiger partial charge in [0, 0.05) is 17.1 Å². The van der Waals surface area contributed by atoms with Crippen molar-refractivity contribution in [2.24, 2.45) is 0 Å². The summed E-state index contributed by atoms with van der Waals surface area (Å²) in [5.74, 6) is 0. The molecule has 122 valence electrons. The molecular formula is C16H16F3N3S. The van der Waals surface area contributed by atoms with Crippen LogP contribution in [0.25, 0.3) is 0 Å². The van der Waals surface area contributed by atoms with Gasteiger partial charge in [-0.25, -0.2) is 0 Å². The summed E-state index contributed by atoms with van der Waals surface area (Å²) in [4.78, 5) is 3.14. The minimum atomic E-state index is -4.54. The summed E-state index contributed by atoms with van der Waals surface area (Å²) in [6.07, 6.45) is -4.54. The van der Waals surface area contributed by atoms with Crippen molar-refractivity contribution in [3.8, 4) is 6.07 Å². The number of nitrogens with one attached hydrogen (secondary N) is 1. The van der Waals surface area contributed by atoms with Gasteiger partial charge in [0.2, 0.25) is 0 Å². The molecule has 0 aliphatic rings. The van der Waals surface area contributed by atoms with Crippen LogP contribution in [0.5, 0.6) is 0 Å². The monoisotopic (exact) mass is 339 g/mol. The van der Waals surface area contributed by atoms with Gasteiger partial charge >= 0.3 is 6.18 Å². The number of rotatable bonds is 5. The first-order valence-corrected chi connectivity index (χ1v) is 7.76. The van der Waals surface area contributed by atoms with Gasteiger partial charge in [0.05, 0.1) is 23.2 Å². The van der Waals surface area contributed by atoms with Gasteiger partial charge in [-0.1, -0.05) is 6.07 Å². The Hall–Kier alpha value is -2.04. The number of halogens is 3. The molecule has 0 fully saturated rings. The third kappa shape index (κ3) is 4.24. The lowest BCUT2D eigenvalue weighted by molar-refractivity contribution is -0.137. The zero-order valence-corrected chi connectivity index (χ0v) is 13.5. The van der Waals surface area contributed by atoms with Crippen LogP contribution in [0, 0.1) is 11.3 Å². The maximum absolute atomic E-state index is 13.0. The lowest BCUT2D eigenvalue weighted by Crippen LogP contribution is -2.26. The molecule has 0 radical (unpaired) electrons. The van der Waals surface area contributed by atoms with Crippen molar-refractivity contribution >= 4 is 17.0 Å². The maximum Gasteiger partial charge on any atom is 0.417 e. The van der Waals surface area contributed by atoms with Crippen LogP contribution in [-0.2, 0) is 6.18 Å². The molecule has 0 amide bonds. The van der Waals surface area contributed by atoms with Crippen LogP contribution in [-0.4, -0.2) is 25.5 Å². The summed E-state index contributed by atoms with van der Waals surface area (Å²) < 4.78 is 38.9. The Balaban J connectivity index is 2.19. The van der Waals surface area contributed by atoms with E-state index >= 15 is 0 Å². The minimum absolute atomic E-state index is 0.0555. The number of hydrogen-bond acceptors (Lipinski definition) is 4. The molecule has 2 aromatic rings. The van der Waals surface area contributed by atoms with Crippen molar-refractivity contribution < 1.29 is 13.2 Å². The van der Waals surface area contributed by atoms with Gasteiger partial charge in [0.25, 0.3) is 0 Å². The average molecular weight is 339 g/mol. The molecule has 1 unspecified atom stereocenters. The molecule has 1 aromatic heterocycles. The van der Waals surface area contributed by atoms with E-state index in [4.69, 9.17) is 5.26 Å². The third-order valence-corrected chi connectivity index (χ3v) is 4.41. The summed E-state index contributed by atoms with van der Waals surface area (Å²) >= 11 is 1.60. The number of alkyl halides is 3. The van der Waals surface area contributed by atoms with Gasteiger partial charge in [-0.3, -0.25) is 0 Å². The molecule has 0 saturated heterocycles. The standard InChI is InChI=1S/C16H16F3N3S/c1-22(2)14(15-4-3-7-23-15)10-21-12-6-5-11(9-20)13(8-12)16(17,18)19/h3-8,14,21H,10H2,1-2H3. The average Bonchev–Trinajstić information content (AvgIpc) is 3.00. The van der Waals surface area contributed by atoms with Gasteiger partial charge in [0.1, 0.15) is 0 Å². The fourth-order valence-electron chi connectivity index (χ4n) is 2.22. The van der Waals surface area contributed by atoms with E-state index in [2.05, 4.69) is 5.32 Å². The molecule has 1 heterocycles. The van der Waals surface area contributed by atoms with Gasteiger partial charge in [-0.05, 0) is 43.7 Å². The molecule has 0 aliphatic heterocycles. The molecule has 23 heavy (non-hydrogen) atoms. The highest BCUT2D eigenvalue weighted by atomic mass is 32.1. The maximum atomic E-state index is 13.0. The topological polar surface area (TPSA) is 39.1 Å². The van der Waals surface area contributed by atoms with Crippen LogP contribution in [0.1, 0.15) is 22.0 Å². The van der Waals surface area contributed by atoms with Crippen molar-refractivity contribution in [2.75, 3.05) is 26.0 Å². The molecule has 1 aromatic carbocycles. The second-order valence-corrected chi connectivity index (χ2v) is 6.22. The Kier molecular flexibility index (Phi) is 5.29. The Bertz CT molecular complexity index is 688. The van der Waals surface area contributed by atoms with Gasteiger partial charge in [0.15, 0.2) is 0 Å². The van der Waals surface area contributed by atoms with Crippen LogP contribution in [0.2, 0.25) is 0 Å². The molecule has 7 heteroatoms. The highest BCUT2D eigenvalue weighted by Crippen LogP contribution is 2.34. The van der Waals surface area contributed by atoms with E-state index in [1.165, 1.54) is 12.1 Å². The SMILES string of the molecule is CN(C)C(CNc1ccc(C#N)c(C(F)(F)F)c1)c1cccs1. The van der Waals surface area contributed by atoms with E-state index < -0.39 is 11.7 Å². The quantitative estimate of drug-likeness (QED) is 0.880. The molecule has 0 spiro atoms. The molecular weight excluding hydrogens is 323 g/mol. The second kappa shape index (κ2) is 7.02. The lowest BCUT2D eigenvalue weighted by Gasteiger charge is -2.24. The smallest absolute Gasteiger partial charge is 0.383 e. The number of hydrogen-bond donors (Lipinski definition) is 1. The van der Waals surface area contributed by atoms with E-state index in [1.807, 2.05) is 36.5 Å². The van der Waals surface area contributed by atoms with Crippen molar-refractivity contribution in [1.29, 1.82) is 5.26 Å². The highest BCUT2D eigenvalue weighted by molar-refractivity contribution is 7.10. The summed E-state index contributed by atoms with van der Waals surface area (Å²) in [5.41, 5.74) is -0.937. The largest absolute Gasteiger partial charge is 0.417 e. The number of likely N-dealkylation sites (N-methyl/N-ethyl adjacent to an activating group) is 1. The number of thiophene rings is 1. The molecule has 2 rings (SSSR count). The van der Waals surface area contributed by atoms with Crippen molar-refractivity contribution in [3.63, 3.8) is 0 Å². The van der Waals surface area contributed by atoms with Crippen LogP contribution in [0.15, 0.2) is 35.7 Å². The Morgan fingerprint density at radius 3 is 2.57 bits per heavy atom. The fraction of sp³-hybridized carbons (Fsp3) is 0.312. The Morgan fingerprint density at radius 1 is 1.30 bits per heavy atom. The van der Waals surface area contributed by atoms with Crippen LogP contribution < -0.4 is 5.32 Å². The fourth-order valence-corrected chi connectivity index (χ4v) is 3.14. The van der Waals surface area contributed by atoms with Crippen molar-refractivity contribution in [1.82, 2.24) is 4.90 Å². The van der Waals surface area contributed by atoms with Crippen molar-refractivity contribution in [2.45, 2.75) is 12.2 Å². The number of nitriles is 1. The Labute approximate surface area is 137 Å². The highest BCUT2D eigenvalue weighted by Gasteiger charge is 2.33. The van der Waals surface area contributed by atoms with E-state index in [0.29, 0.717) is 12.2 Å². The first-order valence-electron chi connectivity index (χ1n) is 6.88. The lowest BCUT2D eigenvalue weighted by atomic mass is 10.1. The first-order chi connectivity index (χ1) is 10.8. The minimum Gasteiger partial charge on any atom is -0.383 e. The third-order valence-electron chi connectivity index (χ3n) is 3.44. The summed E-state index contributed by atoms with van der Waals surface area (Å²) in [5, 5.41) is 13.8. The van der Waals surface area contributed by atoms with Gasteiger partial charge in [-0.2, -0.15) is 18.4 Å². The molecule has 0 saturated carbocycles. The Morgan fingerprint density at radius 2 is 2.04 bits per heavy atom. The van der Waals surface area contributed by atoms with E-state index in [0.717, 1.165) is 10.9 Å². The van der Waals surface area contributed by atoms with E-state index in [1.54, 1.807) is 17.4 Å². The van der Waals surface area contributed by atoms with E-state index in [-0.39, 0.29) is 11.6 Å². The summed E-state index contributed by atoms with van der Waals surface area (Å²) in [6.45, 7) is 0.469. The zero-order valence-electron chi connectivity index (χ0n) is 12.7. The molecule has 1 atom stereocenters. The normalized spacial score (nSPS) is 12.9. The predicted octanol–water partition coefficient (Wildman–Crippen LogP) is 4.35. The van der Waals surface area contributed by atoms with Gasteiger partial charge in [-0.15, -0.1) is 11.3 Å².